The fourth-order valence-electron chi connectivity index (χ4n) is 2.98. The summed E-state index contributed by atoms with van der Waals surface area (Å²) < 4.78 is 6.20. The molecule has 1 aromatic heterocycles. The molecule has 1 heterocycles. The molecule has 0 fully saturated rings. The van der Waals surface area contributed by atoms with Gasteiger partial charge in [-0.2, -0.15) is 0 Å². The van der Waals surface area contributed by atoms with Crippen molar-refractivity contribution in [1.29, 1.82) is 0 Å². The van der Waals surface area contributed by atoms with E-state index in [1.165, 1.54) is 12.1 Å². The lowest BCUT2D eigenvalue weighted by molar-refractivity contribution is -0.385. The fraction of sp³-hybridized carbons (Fsp3) is 0.0435. The number of oxazole rings is 1. The Kier molecular flexibility index (Phi) is 5.64. The van der Waals surface area contributed by atoms with Crippen LogP contribution in [0.3, 0.4) is 0 Å². The second kappa shape index (κ2) is 8.53. The number of hydrogen-bond donors (Lipinski definition) is 1. The lowest BCUT2D eigenvalue weighted by Gasteiger charge is -2.01. The number of aliphatic imine (C=N–C) groups is 1. The van der Waals surface area contributed by atoms with Gasteiger partial charge in [0, 0.05) is 12.3 Å². The second-order valence-electron chi connectivity index (χ2n) is 6.80. The Bertz CT molecular complexity index is 1360. The number of nitro benzene ring substituents is 1. The summed E-state index contributed by atoms with van der Waals surface area (Å²) in [7, 11) is 0. The molecule has 0 aliphatic rings. The molecule has 4 aromatic rings. The van der Waals surface area contributed by atoms with Gasteiger partial charge in [0.05, 0.1) is 20.6 Å². The van der Waals surface area contributed by atoms with Crippen LogP contribution in [0.2, 0.25) is 0 Å². The predicted octanol–water partition coefficient (Wildman–Crippen LogP) is 6.60. The number of allylic oxidation sites excluding steroid dienone is 1. The van der Waals surface area contributed by atoms with Gasteiger partial charge < -0.3 is 9.52 Å². The van der Waals surface area contributed by atoms with Crippen molar-refractivity contribution in [2.24, 2.45) is 4.99 Å². The Morgan fingerprint density at radius 2 is 2.00 bits per heavy atom. The number of halogens is 1. The molecule has 3 aromatic carbocycles. The Labute approximate surface area is 185 Å². The number of hydrogen-bond acceptors (Lipinski definition) is 6. The quantitative estimate of drug-likeness (QED) is 0.198. The summed E-state index contributed by atoms with van der Waals surface area (Å²) in [6.45, 7) is 1.97. The molecule has 0 aliphatic carbocycles. The first-order chi connectivity index (χ1) is 14.9. The van der Waals surface area contributed by atoms with E-state index in [0.29, 0.717) is 32.8 Å². The average molecular weight is 478 g/mol. The highest BCUT2D eigenvalue weighted by atomic mass is 79.9. The SMILES string of the molecule is Cc1ccc2oc(-c3cc(N=C/C=C/c4ccc(Br)c([N+](=O)[O-])c4)ccc3O)nc2c1. The maximum Gasteiger partial charge on any atom is 0.284 e. The minimum atomic E-state index is -0.444. The normalized spacial score (nSPS) is 11.7. The van der Waals surface area contributed by atoms with Crippen LogP contribution in [-0.2, 0) is 0 Å². The molecule has 7 nitrogen and oxygen atoms in total. The molecule has 0 amide bonds. The Morgan fingerprint density at radius 1 is 1.16 bits per heavy atom. The molecule has 4 rings (SSSR count). The summed E-state index contributed by atoms with van der Waals surface area (Å²) in [4.78, 5) is 19.4. The largest absolute Gasteiger partial charge is 0.507 e. The maximum absolute atomic E-state index is 11.0. The standard InChI is InChI=1S/C23H16BrN3O4/c1-14-4-9-22-19(11-14)26-23(31-22)17-13-16(6-8-21(17)28)25-10-2-3-15-5-7-18(24)20(12-15)27(29)30/h2-13,28H,1H3/b3-2+,25-10?. The van der Waals surface area contributed by atoms with Crippen LogP contribution in [0, 0.1) is 17.0 Å². The molecular formula is C23H16BrN3O4. The van der Waals surface area contributed by atoms with Crippen molar-refractivity contribution in [1.82, 2.24) is 4.98 Å². The van der Waals surface area contributed by atoms with Crippen molar-refractivity contribution in [2.75, 3.05) is 0 Å². The van der Waals surface area contributed by atoms with Gasteiger partial charge in [-0.3, -0.25) is 15.1 Å². The molecule has 154 valence electrons. The van der Waals surface area contributed by atoms with E-state index in [4.69, 9.17) is 4.42 Å². The third-order valence-electron chi connectivity index (χ3n) is 4.52. The first-order valence-electron chi connectivity index (χ1n) is 9.26. The highest BCUT2D eigenvalue weighted by Gasteiger charge is 2.13. The van der Waals surface area contributed by atoms with Crippen molar-refractivity contribution in [2.45, 2.75) is 6.92 Å². The lowest BCUT2D eigenvalue weighted by Crippen LogP contribution is -1.89. The molecule has 0 spiro atoms. The van der Waals surface area contributed by atoms with Crippen molar-refractivity contribution in [3.63, 3.8) is 0 Å². The number of fused-ring (bicyclic) bond motifs is 1. The summed E-state index contributed by atoms with van der Waals surface area (Å²) >= 11 is 3.16. The van der Waals surface area contributed by atoms with E-state index in [9.17, 15) is 15.2 Å². The van der Waals surface area contributed by atoms with Crippen molar-refractivity contribution >= 4 is 50.7 Å². The lowest BCUT2D eigenvalue weighted by atomic mass is 10.1. The number of aromatic nitrogens is 1. The first kappa shape index (κ1) is 20.5. The molecule has 1 N–H and O–H groups in total. The Balaban J connectivity index is 1.57. The monoisotopic (exact) mass is 477 g/mol. The zero-order chi connectivity index (χ0) is 22.0. The Hall–Kier alpha value is -3.78. The van der Waals surface area contributed by atoms with E-state index < -0.39 is 4.92 Å². The van der Waals surface area contributed by atoms with Crippen LogP contribution in [0.4, 0.5) is 11.4 Å². The molecule has 0 saturated heterocycles. The number of nitro groups is 1. The second-order valence-corrected chi connectivity index (χ2v) is 7.65. The third kappa shape index (κ3) is 4.54. The summed E-state index contributed by atoms with van der Waals surface area (Å²) in [6, 6.07) is 15.4. The van der Waals surface area contributed by atoms with Gasteiger partial charge >= 0.3 is 0 Å². The summed E-state index contributed by atoms with van der Waals surface area (Å²) in [5.74, 6) is 0.354. The van der Waals surface area contributed by atoms with Gasteiger partial charge in [0.1, 0.15) is 11.3 Å². The molecular weight excluding hydrogens is 462 g/mol. The predicted molar refractivity (Wildman–Crippen MR) is 124 cm³/mol. The fourth-order valence-corrected chi connectivity index (χ4v) is 3.38. The van der Waals surface area contributed by atoms with Gasteiger partial charge in [0.15, 0.2) is 5.58 Å². The van der Waals surface area contributed by atoms with E-state index in [1.807, 2.05) is 25.1 Å². The van der Waals surface area contributed by atoms with E-state index in [1.54, 1.807) is 42.6 Å². The Morgan fingerprint density at radius 3 is 2.81 bits per heavy atom. The maximum atomic E-state index is 11.0. The summed E-state index contributed by atoms with van der Waals surface area (Å²) in [5, 5.41) is 21.3. The van der Waals surface area contributed by atoms with Crippen molar-refractivity contribution in [3.05, 3.63) is 86.4 Å². The third-order valence-corrected chi connectivity index (χ3v) is 5.19. The van der Waals surface area contributed by atoms with Crippen LogP contribution >= 0.6 is 15.9 Å². The highest BCUT2D eigenvalue weighted by molar-refractivity contribution is 9.10. The number of aryl methyl sites for hydroxylation is 1. The van der Waals surface area contributed by atoms with Gasteiger partial charge in [0.2, 0.25) is 5.89 Å². The molecule has 31 heavy (non-hydrogen) atoms. The van der Waals surface area contributed by atoms with Crippen molar-refractivity contribution in [3.8, 4) is 17.2 Å². The van der Waals surface area contributed by atoms with E-state index >= 15 is 0 Å². The first-order valence-corrected chi connectivity index (χ1v) is 10.1. The van der Waals surface area contributed by atoms with Crippen LogP contribution in [-0.4, -0.2) is 21.2 Å². The minimum Gasteiger partial charge on any atom is -0.507 e. The molecule has 0 radical (unpaired) electrons. The smallest absolute Gasteiger partial charge is 0.284 e. The topological polar surface area (TPSA) is 102 Å². The van der Waals surface area contributed by atoms with Gasteiger partial charge in [-0.15, -0.1) is 0 Å². The van der Waals surface area contributed by atoms with Crippen LogP contribution in [0.5, 0.6) is 5.75 Å². The van der Waals surface area contributed by atoms with Gasteiger partial charge in [-0.1, -0.05) is 18.2 Å². The van der Waals surface area contributed by atoms with Gasteiger partial charge in [-0.25, -0.2) is 4.98 Å². The average Bonchev–Trinajstić information content (AvgIpc) is 3.16. The zero-order valence-electron chi connectivity index (χ0n) is 16.3. The van der Waals surface area contributed by atoms with E-state index in [0.717, 1.165) is 11.1 Å². The molecule has 0 aliphatic heterocycles. The number of aromatic hydroxyl groups is 1. The molecule has 0 bridgehead atoms. The molecule has 0 atom stereocenters. The van der Waals surface area contributed by atoms with Gasteiger partial charge in [0.25, 0.3) is 5.69 Å². The minimum absolute atomic E-state index is 0.00389. The van der Waals surface area contributed by atoms with Crippen LogP contribution in [0.1, 0.15) is 11.1 Å². The number of phenolic OH excluding ortho intramolecular Hbond substituents is 1. The van der Waals surface area contributed by atoms with Crippen molar-refractivity contribution < 1.29 is 14.4 Å². The van der Waals surface area contributed by atoms with Crippen LogP contribution in [0.15, 0.2) is 74.6 Å². The number of rotatable bonds is 5. The summed E-state index contributed by atoms with van der Waals surface area (Å²) in [6.07, 6.45) is 4.97. The molecule has 0 saturated carbocycles. The number of nitrogens with zero attached hydrogens (tertiary/aromatic N) is 3. The molecule has 0 unspecified atom stereocenters. The molecule has 8 heteroatoms. The number of benzene rings is 3. The number of phenols is 1. The van der Waals surface area contributed by atoms with E-state index in [2.05, 4.69) is 25.9 Å². The van der Waals surface area contributed by atoms with Crippen LogP contribution in [0.25, 0.3) is 28.6 Å². The van der Waals surface area contributed by atoms with E-state index in [-0.39, 0.29) is 11.4 Å². The van der Waals surface area contributed by atoms with Gasteiger partial charge in [-0.05, 0) is 76.5 Å². The zero-order valence-corrected chi connectivity index (χ0v) is 17.9. The highest BCUT2D eigenvalue weighted by Crippen LogP contribution is 2.34. The van der Waals surface area contributed by atoms with Crippen LogP contribution < -0.4 is 0 Å². The summed E-state index contributed by atoms with van der Waals surface area (Å²) in [5.41, 5.74) is 4.13.